The molecule has 0 unspecified atom stereocenters. The number of halogens is 1. The third-order valence-electron chi connectivity index (χ3n) is 4.07. The molecule has 0 spiro atoms. The lowest BCUT2D eigenvalue weighted by molar-refractivity contribution is 0.748. The second-order valence-corrected chi connectivity index (χ2v) is 6.07. The quantitative estimate of drug-likeness (QED) is 0.386. The number of hydrogen-bond acceptors (Lipinski definition) is 2. The molecule has 0 atom stereocenters. The summed E-state index contributed by atoms with van der Waals surface area (Å²) in [5, 5.41) is 6.34. The summed E-state index contributed by atoms with van der Waals surface area (Å²) in [5.74, 6) is 0. The van der Waals surface area contributed by atoms with Crippen LogP contribution in [-0.4, -0.2) is 10.8 Å². The highest BCUT2D eigenvalue weighted by Gasteiger charge is 2.10. The first-order chi connectivity index (χ1) is 11.7. The fourth-order valence-electron chi connectivity index (χ4n) is 2.83. The summed E-state index contributed by atoms with van der Waals surface area (Å²) in [6.45, 7) is 7.42. The van der Waals surface area contributed by atoms with Crippen LogP contribution >= 0.6 is 11.6 Å². The molecule has 3 nitrogen and oxygen atoms in total. The first-order valence-corrected chi connectivity index (χ1v) is 8.27. The zero-order valence-electron chi connectivity index (χ0n) is 13.7. The fraction of sp³-hybridized carbons (Fsp3) is 0.150. The van der Waals surface area contributed by atoms with Crippen molar-refractivity contribution in [2.75, 3.05) is 0 Å². The van der Waals surface area contributed by atoms with Crippen molar-refractivity contribution in [1.29, 1.82) is 0 Å². The largest absolute Gasteiger partial charge is 0.340 e. The van der Waals surface area contributed by atoms with Crippen molar-refractivity contribution >= 4 is 28.7 Å². The van der Waals surface area contributed by atoms with Gasteiger partial charge in [0.2, 0.25) is 0 Å². The van der Waals surface area contributed by atoms with Crippen molar-refractivity contribution < 1.29 is 0 Å². The number of para-hydroxylation sites is 1. The number of rotatable bonds is 6. The summed E-state index contributed by atoms with van der Waals surface area (Å²) < 4.78 is 2.25. The van der Waals surface area contributed by atoms with E-state index < -0.39 is 0 Å². The molecular formula is C20H20ClN3. The van der Waals surface area contributed by atoms with E-state index in [1.54, 1.807) is 0 Å². The monoisotopic (exact) mass is 337 g/mol. The molecule has 4 heteroatoms. The van der Waals surface area contributed by atoms with Crippen molar-refractivity contribution in [1.82, 2.24) is 9.99 Å². The Labute approximate surface area is 147 Å². The van der Waals surface area contributed by atoms with E-state index in [-0.39, 0.29) is 0 Å². The predicted molar refractivity (Wildman–Crippen MR) is 103 cm³/mol. The molecule has 122 valence electrons. The molecule has 3 rings (SSSR count). The molecule has 3 aromatic rings. The third kappa shape index (κ3) is 3.36. The van der Waals surface area contributed by atoms with Crippen LogP contribution in [0.5, 0.6) is 0 Å². The molecule has 0 bridgehead atoms. The topological polar surface area (TPSA) is 29.3 Å². The molecule has 0 amide bonds. The molecule has 0 saturated carbocycles. The minimum atomic E-state index is 0.665. The Bertz CT molecular complexity index is 876. The van der Waals surface area contributed by atoms with Crippen LogP contribution in [-0.2, 0) is 13.1 Å². The van der Waals surface area contributed by atoms with Crippen molar-refractivity contribution in [3.05, 3.63) is 83.0 Å². The van der Waals surface area contributed by atoms with Gasteiger partial charge in [-0.3, -0.25) is 0 Å². The maximum absolute atomic E-state index is 5.89. The van der Waals surface area contributed by atoms with Crippen LogP contribution in [0.25, 0.3) is 10.9 Å². The van der Waals surface area contributed by atoms with Gasteiger partial charge in [-0.1, -0.05) is 48.0 Å². The van der Waals surface area contributed by atoms with Gasteiger partial charge in [0.05, 0.1) is 12.8 Å². The molecule has 0 radical (unpaired) electrons. The van der Waals surface area contributed by atoms with E-state index in [1.165, 1.54) is 16.6 Å². The number of hydrogen-bond donors (Lipinski definition) is 1. The van der Waals surface area contributed by atoms with Gasteiger partial charge in [-0.15, -0.1) is 6.58 Å². The summed E-state index contributed by atoms with van der Waals surface area (Å²) in [5.41, 5.74) is 7.77. The van der Waals surface area contributed by atoms with Crippen LogP contribution in [0, 0.1) is 6.92 Å². The highest BCUT2D eigenvalue weighted by Crippen LogP contribution is 2.24. The van der Waals surface area contributed by atoms with Gasteiger partial charge in [0.25, 0.3) is 0 Å². The minimum Gasteiger partial charge on any atom is -0.340 e. The van der Waals surface area contributed by atoms with E-state index in [4.69, 9.17) is 11.6 Å². The highest BCUT2D eigenvalue weighted by molar-refractivity contribution is 6.30. The van der Waals surface area contributed by atoms with Gasteiger partial charge >= 0.3 is 0 Å². The summed E-state index contributed by atoms with van der Waals surface area (Å²) in [6.07, 6.45) is 3.81. The lowest BCUT2D eigenvalue weighted by atomic mass is 10.1. The number of benzene rings is 2. The van der Waals surface area contributed by atoms with Crippen LogP contribution in [0.4, 0.5) is 0 Å². The van der Waals surface area contributed by atoms with Crippen LogP contribution in [0.3, 0.4) is 0 Å². The van der Waals surface area contributed by atoms with Crippen LogP contribution < -0.4 is 5.43 Å². The third-order valence-corrected chi connectivity index (χ3v) is 4.32. The number of nitrogens with one attached hydrogen (secondary N) is 1. The van der Waals surface area contributed by atoms with E-state index in [0.29, 0.717) is 6.54 Å². The number of allylic oxidation sites excluding steroid dienone is 1. The molecule has 1 heterocycles. The lowest BCUT2D eigenvalue weighted by Crippen LogP contribution is -2.05. The van der Waals surface area contributed by atoms with Crippen LogP contribution in [0.1, 0.15) is 16.8 Å². The highest BCUT2D eigenvalue weighted by atomic mass is 35.5. The Kier molecular flexibility index (Phi) is 5.02. The molecule has 1 aromatic heterocycles. The maximum atomic E-state index is 5.89. The standard InChI is InChI=1S/C20H20ClN3/c1-3-12-24-15(2)19(18-6-4-5-7-20(18)24)14-23-22-13-16-8-10-17(21)11-9-16/h3-11,14,22H,1,12-13H2,2H3/b23-14-. The van der Waals surface area contributed by atoms with Crippen LogP contribution in [0.2, 0.25) is 5.02 Å². The first kappa shape index (κ1) is 16.3. The first-order valence-electron chi connectivity index (χ1n) is 7.90. The summed E-state index contributed by atoms with van der Waals surface area (Å²) in [7, 11) is 0. The van der Waals surface area contributed by atoms with Crippen LogP contribution in [0.15, 0.2) is 66.3 Å². The van der Waals surface area contributed by atoms with E-state index in [2.05, 4.69) is 52.9 Å². The Morgan fingerprint density at radius 2 is 1.92 bits per heavy atom. The molecule has 0 aliphatic heterocycles. The average molecular weight is 338 g/mol. The van der Waals surface area contributed by atoms with Gasteiger partial charge in [0.15, 0.2) is 0 Å². The second kappa shape index (κ2) is 7.37. The molecule has 1 N–H and O–H groups in total. The molecule has 0 fully saturated rings. The number of aromatic nitrogens is 1. The van der Waals surface area contributed by atoms with Gasteiger partial charge in [-0.05, 0) is 30.7 Å². The second-order valence-electron chi connectivity index (χ2n) is 5.64. The SMILES string of the molecule is C=CCn1c(C)c(/C=N\NCc2ccc(Cl)cc2)c2ccccc21. The van der Waals surface area contributed by atoms with Gasteiger partial charge in [0, 0.05) is 33.7 Å². The van der Waals surface area contributed by atoms with E-state index >= 15 is 0 Å². The molecule has 24 heavy (non-hydrogen) atoms. The lowest BCUT2D eigenvalue weighted by Gasteiger charge is -2.04. The summed E-state index contributed by atoms with van der Waals surface area (Å²) in [4.78, 5) is 0. The Morgan fingerprint density at radius 1 is 1.17 bits per heavy atom. The van der Waals surface area contributed by atoms with Crippen molar-refractivity contribution in [2.24, 2.45) is 5.10 Å². The Morgan fingerprint density at radius 3 is 2.67 bits per heavy atom. The van der Waals surface area contributed by atoms with E-state index in [9.17, 15) is 0 Å². The number of hydrazone groups is 1. The van der Waals surface area contributed by atoms with Gasteiger partial charge in [-0.25, -0.2) is 0 Å². The predicted octanol–water partition coefficient (Wildman–Crippen LogP) is 4.91. The van der Waals surface area contributed by atoms with Crippen molar-refractivity contribution in [3.63, 3.8) is 0 Å². The molecule has 0 aliphatic rings. The smallest absolute Gasteiger partial charge is 0.0580 e. The molecule has 0 saturated heterocycles. The van der Waals surface area contributed by atoms with Crippen molar-refractivity contribution in [2.45, 2.75) is 20.0 Å². The summed E-state index contributed by atoms with van der Waals surface area (Å²) >= 11 is 5.89. The number of nitrogens with zero attached hydrogens (tertiary/aromatic N) is 2. The van der Waals surface area contributed by atoms with Gasteiger partial charge < -0.3 is 9.99 Å². The molecule has 2 aromatic carbocycles. The Balaban J connectivity index is 1.80. The normalized spacial score (nSPS) is 11.2. The minimum absolute atomic E-state index is 0.665. The van der Waals surface area contributed by atoms with Gasteiger partial charge in [0.1, 0.15) is 0 Å². The zero-order valence-corrected chi connectivity index (χ0v) is 14.4. The molecular weight excluding hydrogens is 318 g/mol. The van der Waals surface area contributed by atoms with E-state index in [1.807, 2.05) is 36.6 Å². The zero-order chi connectivity index (χ0) is 16.9. The fourth-order valence-corrected chi connectivity index (χ4v) is 2.96. The van der Waals surface area contributed by atoms with Gasteiger partial charge in [-0.2, -0.15) is 5.10 Å². The maximum Gasteiger partial charge on any atom is 0.0580 e. The van der Waals surface area contributed by atoms with Crippen molar-refractivity contribution in [3.8, 4) is 0 Å². The number of fused-ring (bicyclic) bond motifs is 1. The molecule has 0 aliphatic carbocycles. The average Bonchev–Trinajstić information content (AvgIpc) is 2.86. The van der Waals surface area contributed by atoms with E-state index in [0.717, 1.165) is 22.7 Å². The summed E-state index contributed by atoms with van der Waals surface area (Å²) in [6, 6.07) is 16.1. The Hall–Kier alpha value is -2.52.